The Balaban J connectivity index is 0.00000208. The summed E-state index contributed by atoms with van der Waals surface area (Å²) in [5.41, 5.74) is 2.51. The second-order valence-electron chi connectivity index (χ2n) is 6.03. The highest BCUT2D eigenvalue weighted by molar-refractivity contribution is 5.92. The Morgan fingerprint density at radius 2 is 2.12 bits per heavy atom. The van der Waals surface area contributed by atoms with E-state index in [9.17, 15) is 4.79 Å². The molecule has 1 amide bonds. The highest BCUT2D eigenvalue weighted by Gasteiger charge is 2.28. The summed E-state index contributed by atoms with van der Waals surface area (Å²) in [6, 6.07) is 8.25. The van der Waals surface area contributed by atoms with Crippen molar-refractivity contribution < 1.29 is 4.79 Å². The lowest BCUT2D eigenvalue weighted by molar-refractivity contribution is 0.0686. The first kappa shape index (κ1) is 18.4. The summed E-state index contributed by atoms with van der Waals surface area (Å²) in [5.74, 6) is -0.0288. The molecule has 2 aromatic rings. The average Bonchev–Trinajstić information content (AvgIpc) is 3.24. The summed E-state index contributed by atoms with van der Waals surface area (Å²) in [5, 5.41) is 11.5. The van der Waals surface area contributed by atoms with Gasteiger partial charge in [-0.05, 0) is 38.4 Å². The molecule has 2 heterocycles. The summed E-state index contributed by atoms with van der Waals surface area (Å²) >= 11 is 0. The van der Waals surface area contributed by atoms with Crippen LogP contribution in [0.2, 0.25) is 0 Å². The van der Waals surface area contributed by atoms with Crippen molar-refractivity contribution in [2.24, 2.45) is 0 Å². The third-order valence-corrected chi connectivity index (χ3v) is 4.21. The molecular weight excluding hydrogens is 326 g/mol. The molecule has 1 aliphatic heterocycles. The molecule has 0 aliphatic carbocycles. The van der Waals surface area contributed by atoms with Gasteiger partial charge in [0, 0.05) is 19.1 Å². The van der Waals surface area contributed by atoms with Crippen molar-refractivity contribution in [3.8, 4) is 5.69 Å². The van der Waals surface area contributed by atoms with E-state index in [-0.39, 0.29) is 24.4 Å². The minimum Gasteiger partial charge on any atom is -0.333 e. The molecule has 130 valence electrons. The molecule has 1 aromatic heterocycles. The molecule has 6 nitrogen and oxygen atoms in total. The van der Waals surface area contributed by atoms with E-state index in [4.69, 9.17) is 0 Å². The third kappa shape index (κ3) is 3.94. The van der Waals surface area contributed by atoms with Crippen LogP contribution in [0.3, 0.4) is 0 Å². The van der Waals surface area contributed by atoms with Gasteiger partial charge >= 0.3 is 0 Å². The summed E-state index contributed by atoms with van der Waals surface area (Å²) in [7, 11) is 0. The fraction of sp³-hybridized carbons (Fsp3) is 0.471. The van der Waals surface area contributed by atoms with Crippen molar-refractivity contribution in [2.75, 3.05) is 19.6 Å². The van der Waals surface area contributed by atoms with Crippen LogP contribution in [-0.2, 0) is 0 Å². The van der Waals surface area contributed by atoms with Crippen LogP contribution in [0.15, 0.2) is 30.5 Å². The monoisotopic (exact) mass is 349 g/mol. The number of aryl methyl sites for hydroxylation is 1. The fourth-order valence-electron chi connectivity index (χ4n) is 2.93. The molecule has 1 atom stereocenters. The summed E-state index contributed by atoms with van der Waals surface area (Å²) in [6.45, 7) is 6.71. The molecule has 0 saturated carbocycles. The smallest absolute Gasteiger partial charge is 0.276 e. The standard InChI is InChI=1S/C17H23N5O.ClH/c1-3-10-21(15-8-9-18-11-15)17(23)16-12-22(20-19-16)14-6-4-13(2)5-7-14;/h4-7,12,15,18H,3,8-11H2,1-2H3;1H. The molecule has 0 radical (unpaired) electrons. The Morgan fingerprint density at radius 3 is 2.75 bits per heavy atom. The zero-order chi connectivity index (χ0) is 16.2. The van der Waals surface area contributed by atoms with Crippen LogP contribution in [0.25, 0.3) is 5.69 Å². The van der Waals surface area contributed by atoms with E-state index in [0.717, 1.165) is 38.2 Å². The van der Waals surface area contributed by atoms with E-state index in [1.165, 1.54) is 5.56 Å². The van der Waals surface area contributed by atoms with Crippen molar-refractivity contribution in [3.63, 3.8) is 0 Å². The molecule has 7 heteroatoms. The Labute approximate surface area is 148 Å². The summed E-state index contributed by atoms with van der Waals surface area (Å²) < 4.78 is 1.66. The van der Waals surface area contributed by atoms with Gasteiger partial charge in [0.05, 0.1) is 11.9 Å². The predicted molar refractivity (Wildman–Crippen MR) is 95.9 cm³/mol. The van der Waals surface area contributed by atoms with Crippen molar-refractivity contribution in [1.82, 2.24) is 25.2 Å². The van der Waals surface area contributed by atoms with Crippen molar-refractivity contribution in [2.45, 2.75) is 32.7 Å². The number of hydrogen-bond acceptors (Lipinski definition) is 4. The topological polar surface area (TPSA) is 63.1 Å². The lowest BCUT2D eigenvalue weighted by Crippen LogP contribution is -2.42. The van der Waals surface area contributed by atoms with Gasteiger partial charge in [-0.1, -0.05) is 29.8 Å². The SMILES string of the molecule is CCCN(C(=O)c1cn(-c2ccc(C)cc2)nn1)C1CCNC1.Cl. The van der Waals surface area contributed by atoms with Gasteiger partial charge in [-0.3, -0.25) is 4.79 Å². The van der Waals surface area contributed by atoms with Crippen molar-refractivity contribution >= 4 is 18.3 Å². The first-order valence-corrected chi connectivity index (χ1v) is 8.20. The molecule has 24 heavy (non-hydrogen) atoms. The number of hydrogen-bond donors (Lipinski definition) is 1. The quantitative estimate of drug-likeness (QED) is 0.899. The molecule has 0 spiro atoms. The number of carbonyl (C=O) groups excluding carboxylic acids is 1. The maximum atomic E-state index is 12.8. The van der Waals surface area contributed by atoms with E-state index >= 15 is 0 Å². The summed E-state index contributed by atoms with van der Waals surface area (Å²) in [4.78, 5) is 14.7. The fourth-order valence-corrected chi connectivity index (χ4v) is 2.93. The van der Waals surface area contributed by atoms with Gasteiger partial charge in [0.25, 0.3) is 5.91 Å². The molecule has 1 unspecified atom stereocenters. The van der Waals surface area contributed by atoms with Gasteiger partial charge in [-0.25, -0.2) is 4.68 Å². The molecule has 3 rings (SSSR count). The molecule has 0 bridgehead atoms. The Morgan fingerprint density at radius 1 is 1.38 bits per heavy atom. The van der Waals surface area contributed by atoms with Crippen LogP contribution in [0, 0.1) is 6.92 Å². The maximum Gasteiger partial charge on any atom is 0.276 e. The number of halogens is 1. The Bertz CT molecular complexity index is 664. The maximum absolute atomic E-state index is 12.8. The molecule has 1 aromatic carbocycles. The number of nitrogens with one attached hydrogen (secondary N) is 1. The van der Waals surface area contributed by atoms with E-state index in [2.05, 4.69) is 22.6 Å². The third-order valence-electron chi connectivity index (χ3n) is 4.21. The Hall–Kier alpha value is -1.92. The second-order valence-corrected chi connectivity index (χ2v) is 6.03. The molecule has 1 saturated heterocycles. The largest absolute Gasteiger partial charge is 0.333 e. The molecule has 1 N–H and O–H groups in total. The van der Waals surface area contributed by atoms with Gasteiger partial charge in [0.15, 0.2) is 5.69 Å². The van der Waals surface area contributed by atoms with Crippen LogP contribution >= 0.6 is 12.4 Å². The minimum absolute atomic E-state index is 0. The number of amides is 1. The first-order chi connectivity index (χ1) is 11.2. The van der Waals surface area contributed by atoms with Crippen molar-refractivity contribution in [1.29, 1.82) is 0 Å². The highest BCUT2D eigenvalue weighted by atomic mass is 35.5. The average molecular weight is 350 g/mol. The number of nitrogens with zero attached hydrogens (tertiary/aromatic N) is 4. The number of rotatable bonds is 5. The molecular formula is C17H24ClN5O. The Kier molecular flexibility index (Phi) is 6.34. The highest BCUT2D eigenvalue weighted by Crippen LogP contribution is 2.14. The molecule has 1 aliphatic rings. The van der Waals surface area contributed by atoms with Gasteiger partial charge in [0.1, 0.15) is 0 Å². The van der Waals surface area contributed by atoms with Crippen LogP contribution < -0.4 is 5.32 Å². The predicted octanol–water partition coefficient (Wildman–Crippen LogP) is 2.21. The second kappa shape index (κ2) is 8.26. The van der Waals surface area contributed by atoms with E-state index in [0.29, 0.717) is 5.69 Å². The zero-order valence-electron chi connectivity index (χ0n) is 14.1. The van der Waals surface area contributed by atoms with E-state index in [1.807, 2.05) is 36.1 Å². The number of carbonyl (C=O) groups is 1. The van der Waals surface area contributed by atoms with Crippen LogP contribution in [-0.4, -0.2) is 51.5 Å². The summed E-state index contributed by atoms with van der Waals surface area (Å²) in [6.07, 6.45) is 3.66. The first-order valence-electron chi connectivity index (χ1n) is 8.20. The number of aromatic nitrogens is 3. The minimum atomic E-state index is -0.0288. The van der Waals surface area contributed by atoms with E-state index in [1.54, 1.807) is 10.9 Å². The van der Waals surface area contributed by atoms with Crippen LogP contribution in [0.5, 0.6) is 0 Å². The lowest BCUT2D eigenvalue weighted by Gasteiger charge is -2.27. The van der Waals surface area contributed by atoms with E-state index < -0.39 is 0 Å². The van der Waals surface area contributed by atoms with Gasteiger partial charge in [0.2, 0.25) is 0 Å². The van der Waals surface area contributed by atoms with Gasteiger partial charge < -0.3 is 10.2 Å². The van der Waals surface area contributed by atoms with Crippen LogP contribution in [0.1, 0.15) is 35.8 Å². The number of benzene rings is 1. The zero-order valence-corrected chi connectivity index (χ0v) is 14.9. The molecule has 1 fully saturated rings. The van der Waals surface area contributed by atoms with Gasteiger partial charge in [-0.2, -0.15) is 0 Å². The normalized spacial score (nSPS) is 16.7. The van der Waals surface area contributed by atoms with Crippen LogP contribution in [0.4, 0.5) is 0 Å². The van der Waals surface area contributed by atoms with Gasteiger partial charge in [-0.15, -0.1) is 17.5 Å². The van der Waals surface area contributed by atoms with Crippen molar-refractivity contribution in [3.05, 3.63) is 41.7 Å². The lowest BCUT2D eigenvalue weighted by atomic mass is 10.2.